The summed E-state index contributed by atoms with van der Waals surface area (Å²) in [6, 6.07) is 17.6. The van der Waals surface area contributed by atoms with E-state index >= 15 is 0 Å². The molecule has 0 heterocycles. The summed E-state index contributed by atoms with van der Waals surface area (Å²) in [6.07, 6.45) is 5.86. The molecule has 2 aromatic carbocycles. The molecule has 1 amide bonds. The first-order chi connectivity index (χ1) is 11.7. The molecule has 2 aromatic rings. The average molecular weight is 323 g/mol. The van der Waals surface area contributed by atoms with Gasteiger partial charge in [0, 0.05) is 0 Å². The van der Waals surface area contributed by atoms with Crippen molar-refractivity contribution in [1.29, 1.82) is 0 Å². The summed E-state index contributed by atoms with van der Waals surface area (Å²) in [5, 5.41) is 0. The van der Waals surface area contributed by atoms with Crippen molar-refractivity contribution in [3.8, 4) is 0 Å². The summed E-state index contributed by atoms with van der Waals surface area (Å²) in [4.78, 5) is 14.5. The molecule has 1 saturated carbocycles. The van der Waals surface area contributed by atoms with Gasteiger partial charge >= 0.3 is 6.09 Å². The van der Waals surface area contributed by atoms with Crippen molar-refractivity contribution in [2.45, 2.75) is 39.0 Å². The Kier molecular flexibility index (Phi) is 5.52. The van der Waals surface area contributed by atoms with E-state index in [1.165, 1.54) is 32.1 Å². The molecular formula is C21H25NO2. The van der Waals surface area contributed by atoms with Gasteiger partial charge in [-0.1, -0.05) is 49.6 Å². The van der Waals surface area contributed by atoms with Gasteiger partial charge in [0.25, 0.3) is 0 Å². The molecule has 1 aliphatic rings. The van der Waals surface area contributed by atoms with Crippen LogP contribution in [0.25, 0.3) is 0 Å². The minimum absolute atomic E-state index is 0.294. The fourth-order valence-corrected chi connectivity index (χ4v) is 3.31. The zero-order chi connectivity index (χ0) is 16.8. The first kappa shape index (κ1) is 16.6. The number of para-hydroxylation sites is 1. The van der Waals surface area contributed by atoms with Crippen LogP contribution in [0, 0.1) is 12.8 Å². The maximum atomic E-state index is 12.8. The van der Waals surface area contributed by atoms with Gasteiger partial charge in [-0.2, -0.15) is 0 Å². The summed E-state index contributed by atoms with van der Waals surface area (Å²) in [7, 11) is 0. The molecule has 1 aliphatic carbocycles. The van der Waals surface area contributed by atoms with Crippen LogP contribution in [0.3, 0.4) is 0 Å². The first-order valence-corrected chi connectivity index (χ1v) is 8.82. The number of carbonyl (C=O) groups excluding carboxylic acids is 1. The van der Waals surface area contributed by atoms with Crippen LogP contribution in [0.5, 0.6) is 0 Å². The van der Waals surface area contributed by atoms with Crippen LogP contribution in [0.2, 0.25) is 0 Å². The van der Waals surface area contributed by atoms with Crippen LogP contribution in [0.1, 0.15) is 37.7 Å². The largest absolute Gasteiger partial charge is 0.449 e. The van der Waals surface area contributed by atoms with Crippen molar-refractivity contribution in [3.05, 3.63) is 60.2 Å². The number of nitrogens with zero attached hydrogens (tertiary/aromatic N) is 1. The van der Waals surface area contributed by atoms with E-state index in [2.05, 4.69) is 0 Å². The molecule has 3 heteroatoms. The van der Waals surface area contributed by atoms with E-state index < -0.39 is 0 Å². The molecule has 0 N–H and O–H groups in total. The lowest BCUT2D eigenvalue weighted by Crippen LogP contribution is -2.29. The van der Waals surface area contributed by atoms with Gasteiger partial charge in [0.1, 0.15) is 0 Å². The second kappa shape index (κ2) is 8.00. The quantitative estimate of drug-likeness (QED) is 0.706. The van der Waals surface area contributed by atoms with E-state index in [0.717, 1.165) is 16.9 Å². The van der Waals surface area contributed by atoms with Gasteiger partial charge in [0.2, 0.25) is 0 Å². The van der Waals surface area contributed by atoms with Crippen molar-refractivity contribution in [2.75, 3.05) is 11.5 Å². The van der Waals surface area contributed by atoms with E-state index in [0.29, 0.717) is 12.5 Å². The van der Waals surface area contributed by atoms with Gasteiger partial charge < -0.3 is 4.74 Å². The SMILES string of the molecule is Cc1cccc(N(C(=O)OCC2CCCCC2)c2ccccc2)c1. The monoisotopic (exact) mass is 323 g/mol. The Hall–Kier alpha value is -2.29. The number of anilines is 2. The highest BCUT2D eigenvalue weighted by Crippen LogP contribution is 2.28. The van der Waals surface area contributed by atoms with Gasteiger partial charge in [0.15, 0.2) is 0 Å². The number of rotatable bonds is 4. The molecule has 3 rings (SSSR count). The Bertz CT molecular complexity index is 663. The summed E-state index contributed by atoms with van der Waals surface area (Å²) in [5.41, 5.74) is 2.79. The smallest absolute Gasteiger partial charge is 0.418 e. The van der Waals surface area contributed by atoms with Crippen LogP contribution in [0.4, 0.5) is 16.2 Å². The normalized spacial score (nSPS) is 15.0. The zero-order valence-electron chi connectivity index (χ0n) is 14.3. The van der Waals surface area contributed by atoms with Crippen LogP contribution >= 0.6 is 0 Å². The molecule has 0 unspecified atom stereocenters. The Morgan fingerprint density at radius 3 is 2.42 bits per heavy atom. The second-order valence-electron chi connectivity index (χ2n) is 6.59. The molecule has 0 radical (unpaired) electrons. The predicted octanol–water partition coefficient (Wildman–Crippen LogP) is 5.85. The fraction of sp³-hybridized carbons (Fsp3) is 0.381. The van der Waals surface area contributed by atoms with Crippen molar-refractivity contribution >= 4 is 17.5 Å². The molecule has 0 bridgehead atoms. The molecule has 24 heavy (non-hydrogen) atoms. The van der Waals surface area contributed by atoms with E-state index in [4.69, 9.17) is 4.74 Å². The van der Waals surface area contributed by atoms with Gasteiger partial charge in [-0.15, -0.1) is 0 Å². The van der Waals surface area contributed by atoms with E-state index in [-0.39, 0.29) is 6.09 Å². The zero-order valence-corrected chi connectivity index (χ0v) is 14.3. The Balaban J connectivity index is 1.77. The molecular weight excluding hydrogens is 298 g/mol. The van der Waals surface area contributed by atoms with Crippen molar-refractivity contribution < 1.29 is 9.53 Å². The number of amides is 1. The van der Waals surface area contributed by atoms with Crippen molar-refractivity contribution in [2.24, 2.45) is 5.92 Å². The summed E-state index contributed by atoms with van der Waals surface area (Å²) in [5.74, 6) is 0.512. The molecule has 0 saturated heterocycles. The topological polar surface area (TPSA) is 29.5 Å². The molecule has 0 atom stereocenters. The number of hydrogen-bond donors (Lipinski definition) is 0. The number of ether oxygens (including phenoxy) is 1. The first-order valence-electron chi connectivity index (χ1n) is 8.82. The average Bonchev–Trinajstić information content (AvgIpc) is 2.62. The molecule has 0 aliphatic heterocycles. The third-order valence-corrected chi connectivity index (χ3v) is 4.62. The summed E-state index contributed by atoms with van der Waals surface area (Å²) in [6.45, 7) is 2.55. The second-order valence-corrected chi connectivity index (χ2v) is 6.59. The lowest BCUT2D eigenvalue weighted by atomic mass is 9.90. The fourth-order valence-electron chi connectivity index (χ4n) is 3.31. The Labute approximate surface area is 144 Å². The molecule has 0 aromatic heterocycles. The summed E-state index contributed by atoms with van der Waals surface area (Å²) >= 11 is 0. The third kappa shape index (κ3) is 4.16. The van der Waals surface area contributed by atoms with Gasteiger partial charge in [-0.3, -0.25) is 0 Å². The lowest BCUT2D eigenvalue weighted by Gasteiger charge is -2.25. The molecule has 0 spiro atoms. The maximum Gasteiger partial charge on any atom is 0.418 e. The van der Waals surface area contributed by atoms with Crippen LogP contribution in [0.15, 0.2) is 54.6 Å². The van der Waals surface area contributed by atoms with E-state index in [1.807, 2.05) is 61.5 Å². The highest BCUT2D eigenvalue weighted by molar-refractivity contribution is 5.96. The Morgan fingerprint density at radius 2 is 1.71 bits per heavy atom. The number of aryl methyl sites for hydroxylation is 1. The highest BCUT2D eigenvalue weighted by atomic mass is 16.6. The van der Waals surface area contributed by atoms with Crippen LogP contribution in [-0.2, 0) is 4.74 Å². The standard InChI is InChI=1S/C21H25NO2/c1-17-9-8-14-20(15-17)22(19-12-6-3-7-13-19)21(23)24-16-18-10-4-2-5-11-18/h3,6-9,12-15,18H,2,4-5,10-11,16H2,1H3. The van der Waals surface area contributed by atoms with Crippen LogP contribution in [-0.4, -0.2) is 12.7 Å². The highest BCUT2D eigenvalue weighted by Gasteiger charge is 2.22. The lowest BCUT2D eigenvalue weighted by molar-refractivity contribution is 0.124. The van der Waals surface area contributed by atoms with Gasteiger partial charge in [-0.25, -0.2) is 9.69 Å². The number of hydrogen-bond acceptors (Lipinski definition) is 2. The Morgan fingerprint density at radius 1 is 1.00 bits per heavy atom. The van der Waals surface area contributed by atoms with E-state index in [1.54, 1.807) is 4.90 Å². The number of carbonyl (C=O) groups is 1. The molecule has 3 nitrogen and oxygen atoms in total. The van der Waals surface area contributed by atoms with Crippen LogP contribution < -0.4 is 4.90 Å². The maximum absolute atomic E-state index is 12.8. The summed E-state index contributed by atoms with van der Waals surface area (Å²) < 4.78 is 5.68. The molecule has 1 fully saturated rings. The number of benzene rings is 2. The van der Waals surface area contributed by atoms with Crippen molar-refractivity contribution in [1.82, 2.24) is 0 Å². The molecule has 126 valence electrons. The predicted molar refractivity (Wildman–Crippen MR) is 97.7 cm³/mol. The van der Waals surface area contributed by atoms with Gasteiger partial charge in [-0.05, 0) is 55.5 Å². The third-order valence-electron chi connectivity index (χ3n) is 4.62. The minimum Gasteiger partial charge on any atom is -0.449 e. The van der Waals surface area contributed by atoms with Gasteiger partial charge in [0.05, 0.1) is 18.0 Å². The minimum atomic E-state index is -0.294. The van der Waals surface area contributed by atoms with Crippen molar-refractivity contribution in [3.63, 3.8) is 0 Å². The van der Waals surface area contributed by atoms with E-state index in [9.17, 15) is 4.79 Å².